The van der Waals surface area contributed by atoms with Crippen LogP contribution in [0.5, 0.6) is 11.5 Å². The number of hydrogen-bond acceptors (Lipinski definition) is 6. The number of nitriles is 1. The molecule has 0 radical (unpaired) electrons. The average molecular weight is 476 g/mol. The van der Waals surface area contributed by atoms with E-state index in [1.807, 2.05) is 23.1 Å². The summed E-state index contributed by atoms with van der Waals surface area (Å²) < 4.78 is 11.8. The van der Waals surface area contributed by atoms with Gasteiger partial charge in [0, 0.05) is 36.8 Å². The van der Waals surface area contributed by atoms with Crippen LogP contribution in [0.15, 0.2) is 22.0 Å². The lowest BCUT2D eigenvalue weighted by atomic mass is 10.0. The zero-order chi connectivity index (χ0) is 20.5. The average Bonchev–Trinajstić information content (AvgIpc) is 3.04. The molecule has 6 nitrogen and oxygen atoms in total. The summed E-state index contributed by atoms with van der Waals surface area (Å²) in [6.45, 7) is 1.81. The van der Waals surface area contributed by atoms with Crippen molar-refractivity contribution in [1.82, 2.24) is 4.90 Å². The summed E-state index contributed by atoms with van der Waals surface area (Å²) in [7, 11) is 3.23. The number of halogens is 1. The van der Waals surface area contributed by atoms with Crippen LogP contribution in [0, 0.1) is 11.3 Å². The van der Waals surface area contributed by atoms with E-state index in [2.05, 4.69) is 26.9 Å². The van der Waals surface area contributed by atoms with Gasteiger partial charge in [-0.05, 0) is 40.9 Å². The summed E-state index contributed by atoms with van der Waals surface area (Å²) >= 11 is 5.17. The lowest BCUT2D eigenvalue weighted by Crippen LogP contribution is -2.44. The van der Waals surface area contributed by atoms with E-state index < -0.39 is 0 Å². The molecule has 0 saturated carbocycles. The van der Waals surface area contributed by atoms with E-state index in [1.165, 1.54) is 16.9 Å². The third kappa shape index (κ3) is 3.58. The van der Waals surface area contributed by atoms with Gasteiger partial charge in [-0.3, -0.25) is 4.79 Å². The number of rotatable bonds is 5. The SMILES string of the molecule is COc1ccc(CN2C[C@@H](CC#N)N3CCCc4c(Br)sc(c43)C2=O)c(OC)c1. The summed E-state index contributed by atoms with van der Waals surface area (Å²) in [5.41, 5.74) is 3.15. The summed E-state index contributed by atoms with van der Waals surface area (Å²) in [5, 5.41) is 9.43. The molecule has 0 fully saturated rings. The molecule has 1 aromatic heterocycles. The van der Waals surface area contributed by atoms with Gasteiger partial charge in [-0.15, -0.1) is 11.3 Å². The van der Waals surface area contributed by atoms with Crippen LogP contribution in [0.4, 0.5) is 5.69 Å². The Bertz CT molecular complexity index is 984. The van der Waals surface area contributed by atoms with Crippen LogP contribution in [0.25, 0.3) is 0 Å². The Labute approximate surface area is 182 Å². The Morgan fingerprint density at radius 2 is 2.17 bits per heavy atom. The molecule has 0 saturated heterocycles. The molecule has 8 heteroatoms. The number of nitrogens with zero attached hydrogens (tertiary/aromatic N) is 3. The smallest absolute Gasteiger partial charge is 0.266 e. The van der Waals surface area contributed by atoms with E-state index in [9.17, 15) is 10.1 Å². The van der Waals surface area contributed by atoms with Crippen molar-refractivity contribution in [3.8, 4) is 17.6 Å². The number of thiophene rings is 1. The van der Waals surface area contributed by atoms with Gasteiger partial charge >= 0.3 is 0 Å². The summed E-state index contributed by atoms with van der Waals surface area (Å²) in [6, 6.07) is 7.94. The second-order valence-corrected chi connectivity index (χ2v) is 9.55. The number of carbonyl (C=O) groups is 1. The van der Waals surface area contributed by atoms with Crippen LogP contribution in [0.3, 0.4) is 0 Å². The molecule has 4 rings (SSSR count). The number of hydrogen-bond donors (Lipinski definition) is 0. The molecule has 3 heterocycles. The number of ether oxygens (including phenoxy) is 2. The van der Waals surface area contributed by atoms with Gasteiger partial charge in [-0.2, -0.15) is 5.26 Å². The van der Waals surface area contributed by atoms with Crippen molar-refractivity contribution in [2.24, 2.45) is 0 Å². The molecule has 29 heavy (non-hydrogen) atoms. The fourth-order valence-electron chi connectivity index (χ4n) is 4.18. The quantitative estimate of drug-likeness (QED) is 0.647. The van der Waals surface area contributed by atoms with Crippen LogP contribution in [-0.2, 0) is 13.0 Å². The fourth-order valence-corrected chi connectivity index (χ4v) is 6.11. The van der Waals surface area contributed by atoms with E-state index in [1.54, 1.807) is 14.2 Å². The highest BCUT2D eigenvalue weighted by atomic mass is 79.9. The van der Waals surface area contributed by atoms with Gasteiger partial charge in [-0.25, -0.2) is 0 Å². The molecular formula is C21H22BrN3O3S. The monoisotopic (exact) mass is 475 g/mol. The predicted octanol–water partition coefficient (Wildman–Crippen LogP) is 4.22. The van der Waals surface area contributed by atoms with Crippen LogP contribution < -0.4 is 14.4 Å². The molecule has 152 valence electrons. The standard InChI is InChI=1S/C21H22BrN3O3S/c1-27-15-6-5-13(17(10-15)28-2)11-24-12-14(7-8-23)25-9-3-4-16-18(25)19(21(24)26)29-20(16)22/h5-6,10,14H,3-4,7,9,11-12H2,1-2H3/t14-/m1/s1. The molecule has 1 amide bonds. The van der Waals surface area contributed by atoms with Gasteiger partial charge in [-0.1, -0.05) is 0 Å². The first-order valence-electron chi connectivity index (χ1n) is 9.52. The van der Waals surface area contributed by atoms with E-state index >= 15 is 0 Å². The van der Waals surface area contributed by atoms with Crippen molar-refractivity contribution in [2.75, 3.05) is 32.2 Å². The second-order valence-electron chi connectivity index (χ2n) is 7.21. The number of amides is 1. The first-order valence-corrected chi connectivity index (χ1v) is 11.1. The lowest BCUT2D eigenvalue weighted by Gasteiger charge is -2.35. The Balaban J connectivity index is 1.73. The van der Waals surface area contributed by atoms with E-state index in [0.717, 1.165) is 39.3 Å². The molecule has 2 aromatic rings. The molecule has 1 atom stereocenters. The van der Waals surface area contributed by atoms with E-state index in [0.29, 0.717) is 31.0 Å². The van der Waals surface area contributed by atoms with E-state index in [4.69, 9.17) is 9.47 Å². The van der Waals surface area contributed by atoms with Crippen molar-refractivity contribution in [3.05, 3.63) is 38.0 Å². The van der Waals surface area contributed by atoms with Crippen LogP contribution >= 0.6 is 27.3 Å². The van der Waals surface area contributed by atoms with Crippen molar-refractivity contribution in [3.63, 3.8) is 0 Å². The normalized spacial score (nSPS) is 18.1. The molecule has 0 N–H and O–H groups in total. The molecule has 2 aliphatic rings. The third-order valence-corrected chi connectivity index (χ3v) is 7.54. The first kappa shape index (κ1) is 20.0. The summed E-state index contributed by atoms with van der Waals surface area (Å²) in [4.78, 5) is 18.4. The molecule has 0 unspecified atom stereocenters. The van der Waals surface area contributed by atoms with Gasteiger partial charge in [0.15, 0.2) is 0 Å². The van der Waals surface area contributed by atoms with Crippen LogP contribution in [0.1, 0.15) is 33.6 Å². The topological polar surface area (TPSA) is 65.8 Å². The number of methoxy groups -OCH3 is 2. The molecular weight excluding hydrogens is 454 g/mol. The molecule has 0 aliphatic carbocycles. The number of anilines is 1. The minimum absolute atomic E-state index is 0.0159. The number of benzene rings is 1. The Hall–Kier alpha value is -2.24. The summed E-state index contributed by atoms with van der Waals surface area (Å²) in [5.74, 6) is 1.41. The minimum atomic E-state index is -0.0185. The van der Waals surface area contributed by atoms with Gasteiger partial charge < -0.3 is 19.3 Å². The highest BCUT2D eigenvalue weighted by Crippen LogP contribution is 2.46. The Morgan fingerprint density at radius 1 is 1.34 bits per heavy atom. The zero-order valence-electron chi connectivity index (χ0n) is 16.4. The van der Waals surface area contributed by atoms with Crippen molar-refractivity contribution in [2.45, 2.75) is 31.8 Å². The minimum Gasteiger partial charge on any atom is -0.497 e. The summed E-state index contributed by atoms with van der Waals surface area (Å²) in [6.07, 6.45) is 2.38. The van der Waals surface area contributed by atoms with Crippen molar-refractivity contribution >= 4 is 38.9 Å². The highest BCUT2D eigenvalue weighted by Gasteiger charge is 2.38. The zero-order valence-corrected chi connectivity index (χ0v) is 18.8. The molecule has 0 spiro atoms. The maximum absolute atomic E-state index is 13.5. The first-order chi connectivity index (χ1) is 14.1. The third-order valence-electron chi connectivity index (χ3n) is 5.58. The Morgan fingerprint density at radius 3 is 2.90 bits per heavy atom. The highest BCUT2D eigenvalue weighted by molar-refractivity contribution is 9.11. The van der Waals surface area contributed by atoms with Gasteiger partial charge in [0.2, 0.25) is 0 Å². The van der Waals surface area contributed by atoms with Crippen LogP contribution in [0.2, 0.25) is 0 Å². The maximum Gasteiger partial charge on any atom is 0.266 e. The maximum atomic E-state index is 13.5. The lowest BCUT2D eigenvalue weighted by molar-refractivity contribution is 0.0744. The number of carbonyl (C=O) groups excluding carboxylic acids is 1. The molecule has 2 aliphatic heterocycles. The second kappa shape index (κ2) is 8.25. The van der Waals surface area contributed by atoms with Gasteiger partial charge in [0.05, 0.1) is 42.2 Å². The van der Waals surface area contributed by atoms with Crippen LogP contribution in [-0.4, -0.2) is 44.2 Å². The molecule has 1 aromatic carbocycles. The van der Waals surface area contributed by atoms with Gasteiger partial charge in [0.1, 0.15) is 16.4 Å². The Kier molecular flexibility index (Phi) is 5.70. The van der Waals surface area contributed by atoms with E-state index in [-0.39, 0.29) is 11.9 Å². The fraction of sp³-hybridized carbons (Fsp3) is 0.429. The molecule has 0 bridgehead atoms. The predicted molar refractivity (Wildman–Crippen MR) is 116 cm³/mol. The van der Waals surface area contributed by atoms with Crippen molar-refractivity contribution < 1.29 is 14.3 Å². The van der Waals surface area contributed by atoms with Gasteiger partial charge in [0.25, 0.3) is 5.91 Å². The largest absolute Gasteiger partial charge is 0.497 e. The van der Waals surface area contributed by atoms with Crippen molar-refractivity contribution in [1.29, 1.82) is 5.26 Å².